The summed E-state index contributed by atoms with van der Waals surface area (Å²) in [6.07, 6.45) is 0. The molecule has 1 aromatic rings. The fourth-order valence-corrected chi connectivity index (χ4v) is 2.15. The number of nitrogens with two attached hydrogens (primary N) is 1. The fraction of sp³-hybridized carbons (Fsp3) is 0. The summed E-state index contributed by atoms with van der Waals surface area (Å²) >= 11 is 11.4. The largest absolute Gasteiger partial charge is 0.501 e. The Kier molecular flexibility index (Phi) is 1.95. The molecule has 1 aliphatic rings. The van der Waals surface area contributed by atoms with E-state index in [1.165, 1.54) is 6.07 Å². The Labute approximate surface area is 89.6 Å². The molecular formula is C6H3Cl2NO4S. The molecule has 0 aromatic heterocycles. The van der Waals surface area contributed by atoms with Crippen molar-refractivity contribution in [2.24, 2.45) is 0 Å². The number of halogens is 2. The van der Waals surface area contributed by atoms with Crippen LogP contribution in [0.4, 0.5) is 5.69 Å². The van der Waals surface area contributed by atoms with Gasteiger partial charge < -0.3 is 14.1 Å². The van der Waals surface area contributed by atoms with Gasteiger partial charge in [0.25, 0.3) is 0 Å². The van der Waals surface area contributed by atoms with Crippen LogP contribution in [0.25, 0.3) is 0 Å². The summed E-state index contributed by atoms with van der Waals surface area (Å²) < 4.78 is 30.6. The van der Waals surface area contributed by atoms with Crippen LogP contribution in [-0.4, -0.2) is 8.42 Å². The lowest BCUT2D eigenvalue weighted by Crippen LogP contribution is -2.08. The Bertz CT molecular complexity index is 513. The molecule has 0 fully saturated rings. The molecular weight excluding hydrogens is 253 g/mol. The van der Waals surface area contributed by atoms with Gasteiger partial charge in [-0.05, 0) is 0 Å². The van der Waals surface area contributed by atoms with Crippen molar-refractivity contribution in [1.82, 2.24) is 0 Å². The molecule has 0 aliphatic carbocycles. The van der Waals surface area contributed by atoms with Crippen LogP contribution in [0, 0.1) is 0 Å². The second-order valence-electron chi connectivity index (χ2n) is 2.50. The number of hydrogen-bond donors (Lipinski definition) is 1. The van der Waals surface area contributed by atoms with Crippen LogP contribution in [0.5, 0.6) is 11.5 Å². The molecule has 0 unspecified atom stereocenters. The van der Waals surface area contributed by atoms with Gasteiger partial charge in [-0.3, -0.25) is 0 Å². The molecule has 0 saturated carbocycles. The average Bonchev–Trinajstić information content (AvgIpc) is 2.37. The Morgan fingerprint density at radius 2 is 1.86 bits per heavy atom. The molecule has 8 heteroatoms. The molecule has 2 rings (SSSR count). The number of fused-ring (bicyclic) bond motifs is 1. The highest BCUT2D eigenvalue weighted by Gasteiger charge is 2.32. The predicted molar refractivity (Wildman–Crippen MR) is 51.1 cm³/mol. The Hall–Kier alpha value is -0.850. The third-order valence-corrected chi connectivity index (χ3v) is 3.15. The summed E-state index contributed by atoms with van der Waals surface area (Å²) in [4.78, 5) is 0. The van der Waals surface area contributed by atoms with Crippen LogP contribution >= 0.6 is 23.2 Å². The minimum Gasteiger partial charge on any atom is -0.397 e. The highest BCUT2D eigenvalue weighted by molar-refractivity contribution is 7.82. The second kappa shape index (κ2) is 2.82. The molecule has 0 bridgehead atoms. The summed E-state index contributed by atoms with van der Waals surface area (Å²) in [5.41, 5.74) is 5.56. The summed E-state index contributed by atoms with van der Waals surface area (Å²) in [5, 5.41) is -0.0474. The molecule has 1 aliphatic heterocycles. The summed E-state index contributed by atoms with van der Waals surface area (Å²) in [5.74, 6) is -0.192. The van der Waals surface area contributed by atoms with Crippen molar-refractivity contribution in [3.8, 4) is 11.5 Å². The lowest BCUT2D eigenvalue weighted by molar-refractivity contribution is 0.436. The molecule has 5 nitrogen and oxygen atoms in total. The summed E-state index contributed by atoms with van der Waals surface area (Å²) in [6.45, 7) is 0. The van der Waals surface area contributed by atoms with E-state index >= 15 is 0 Å². The van der Waals surface area contributed by atoms with Gasteiger partial charge in [0.05, 0.1) is 10.7 Å². The zero-order valence-electron chi connectivity index (χ0n) is 6.45. The lowest BCUT2D eigenvalue weighted by atomic mass is 10.3. The SMILES string of the molecule is Nc1cc2c(c(Cl)c1Cl)OS(=O)(=O)O2. The van der Waals surface area contributed by atoms with E-state index in [0.717, 1.165) is 0 Å². The van der Waals surface area contributed by atoms with Crippen molar-refractivity contribution >= 4 is 39.3 Å². The molecule has 14 heavy (non-hydrogen) atoms. The monoisotopic (exact) mass is 255 g/mol. The first-order valence-electron chi connectivity index (χ1n) is 3.32. The fourth-order valence-electron chi connectivity index (χ4n) is 0.973. The van der Waals surface area contributed by atoms with Crippen molar-refractivity contribution in [2.45, 2.75) is 0 Å². The van der Waals surface area contributed by atoms with Gasteiger partial charge in [0.15, 0.2) is 5.75 Å². The lowest BCUT2D eigenvalue weighted by Gasteiger charge is -2.01. The maximum absolute atomic E-state index is 10.9. The van der Waals surface area contributed by atoms with Crippen molar-refractivity contribution in [1.29, 1.82) is 0 Å². The molecule has 0 spiro atoms. The van der Waals surface area contributed by atoms with E-state index in [9.17, 15) is 8.42 Å². The van der Waals surface area contributed by atoms with Gasteiger partial charge in [-0.1, -0.05) is 23.2 Å². The molecule has 0 radical (unpaired) electrons. The van der Waals surface area contributed by atoms with Crippen molar-refractivity contribution < 1.29 is 16.8 Å². The first-order chi connectivity index (χ1) is 6.41. The van der Waals surface area contributed by atoms with E-state index in [1.54, 1.807) is 0 Å². The highest BCUT2D eigenvalue weighted by Crippen LogP contribution is 2.47. The summed E-state index contributed by atoms with van der Waals surface area (Å²) in [6, 6.07) is 1.23. The van der Waals surface area contributed by atoms with Crippen LogP contribution in [0.1, 0.15) is 0 Å². The smallest absolute Gasteiger partial charge is 0.397 e. The number of anilines is 1. The van der Waals surface area contributed by atoms with Crippen LogP contribution in [0.15, 0.2) is 6.07 Å². The van der Waals surface area contributed by atoms with Gasteiger partial charge in [0.1, 0.15) is 5.02 Å². The third-order valence-electron chi connectivity index (χ3n) is 1.53. The Morgan fingerprint density at radius 1 is 1.21 bits per heavy atom. The van der Waals surface area contributed by atoms with Crippen molar-refractivity contribution in [2.75, 3.05) is 5.73 Å². The maximum Gasteiger partial charge on any atom is 0.501 e. The zero-order valence-corrected chi connectivity index (χ0v) is 8.78. The molecule has 1 heterocycles. The normalized spacial score (nSPS) is 17.0. The van der Waals surface area contributed by atoms with E-state index in [-0.39, 0.29) is 27.2 Å². The van der Waals surface area contributed by atoms with Crippen molar-refractivity contribution in [3.63, 3.8) is 0 Å². The minimum absolute atomic E-state index is 0.0334. The van der Waals surface area contributed by atoms with Gasteiger partial charge in [-0.2, -0.15) is 0 Å². The van der Waals surface area contributed by atoms with E-state index in [4.69, 9.17) is 28.9 Å². The second-order valence-corrected chi connectivity index (χ2v) is 4.40. The van der Waals surface area contributed by atoms with E-state index in [1.807, 2.05) is 0 Å². The van der Waals surface area contributed by atoms with E-state index in [0.29, 0.717) is 0 Å². The molecule has 76 valence electrons. The standard InChI is InChI=1S/C6H3Cl2NO4S/c7-4-2(9)1-3-6(5(4)8)13-14(10,11)12-3/h1H,9H2. The first-order valence-corrected chi connectivity index (χ1v) is 5.41. The molecule has 1 aromatic carbocycles. The average molecular weight is 256 g/mol. The van der Waals surface area contributed by atoms with Gasteiger partial charge in [0.2, 0.25) is 5.75 Å². The molecule has 0 amide bonds. The van der Waals surface area contributed by atoms with Gasteiger partial charge in [0, 0.05) is 6.07 Å². The molecule has 2 N–H and O–H groups in total. The quantitative estimate of drug-likeness (QED) is 0.713. The maximum atomic E-state index is 10.9. The Morgan fingerprint density at radius 3 is 2.50 bits per heavy atom. The predicted octanol–water partition coefficient (Wildman–Crippen LogP) is 1.59. The zero-order chi connectivity index (χ0) is 10.5. The minimum atomic E-state index is -4.06. The third kappa shape index (κ3) is 1.35. The van der Waals surface area contributed by atoms with Crippen LogP contribution in [-0.2, 0) is 10.4 Å². The van der Waals surface area contributed by atoms with Crippen LogP contribution < -0.4 is 14.1 Å². The van der Waals surface area contributed by atoms with Gasteiger partial charge >= 0.3 is 10.4 Å². The van der Waals surface area contributed by atoms with Crippen LogP contribution in [0.3, 0.4) is 0 Å². The van der Waals surface area contributed by atoms with Crippen LogP contribution in [0.2, 0.25) is 10.0 Å². The van der Waals surface area contributed by atoms with Gasteiger partial charge in [-0.15, -0.1) is 8.42 Å². The first kappa shape index (κ1) is 9.70. The van der Waals surface area contributed by atoms with Crippen molar-refractivity contribution in [3.05, 3.63) is 16.1 Å². The Balaban J connectivity index is 2.70. The summed E-state index contributed by atoms with van der Waals surface area (Å²) in [7, 11) is -4.06. The number of nitrogen functional groups attached to an aromatic ring is 1. The molecule has 0 atom stereocenters. The number of benzene rings is 1. The van der Waals surface area contributed by atoms with Gasteiger partial charge in [-0.25, -0.2) is 0 Å². The van der Waals surface area contributed by atoms with E-state index in [2.05, 4.69) is 8.37 Å². The number of rotatable bonds is 0. The van der Waals surface area contributed by atoms with E-state index < -0.39 is 10.4 Å². The number of hydrogen-bond acceptors (Lipinski definition) is 5. The topological polar surface area (TPSA) is 78.6 Å². The molecule has 0 saturated heterocycles. The highest BCUT2D eigenvalue weighted by atomic mass is 35.5.